The van der Waals surface area contributed by atoms with Crippen molar-refractivity contribution in [3.63, 3.8) is 0 Å². The maximum absolute atomic E-state index is 10.7. The molecule has 0 spiro atoms. The summed E-state index contributed by atoms with van der Waals surface area (Å²) >= 11 is 1.31. The van der Waals surface area contributed by atoms with Crippen LogP contribution in [0.1, 0.15) is 23.0 Å². The molecule has 0 saturated carbocycles. The standard InChI is InChI=1S/C9H12N2O3S/c1-5(4-12)15-9-10-3-7(8(13)14)6(2)11-9/h3,5,12H,4H2,1-2H3,(H,13,14). The number of aromatic nitrogens is 2. The molecule has 0 aromatic carbocycles. The van der Waals surface area contributed by atoms with Crippen molar-refractivity contribution in [1.29, 1.82) is 0 Å². The predicted octanol–water partition coefficient (Wildman–Crippen LogP) is 0.956. The monoisotopic (exact) mass is 228 g/mol. The van der Waals surface area contributed by atoms with E-state index in [1.165, 1.54) is 18.0 Å². The molecule has 1 rings (SSSR count). The number of carbonyl (C=O) groups is 1. The average molecular weight is 228 g/mol. The molecule has 0 aliphatic heterocycles. The quantitative estimate of drug-likeness (QED) is 0.590. The molecule has 1 unspecified atom stereocenters. The Hall–Kier alpha value is -1.14. The molecule has 5 nitrogen and oxygen atoms in total. The highest BCUT2D eigenvalue weighted by molar-refractivity contribution is 7.99. The molecule has 2 N–H and O–H groups in total. The number of rotatable bonds is 4. The summed E-state index contributed by atoms with van der Waals surface area (Å²) in [5, 5.41) is 18.1. The molecule has 6 heteroatoms. The van der Waals surface area contributed by atoms with Crippen LogP contribution >= 0.6 is 11.8 Å². The van der Waals surface area contributed by atoms with Crippen LogP contribution in [-0.2, 0) is 0 Å². The first-order valence-electron chi connectivity index (χ1n) is 4.39. The number of aliphatic hydroxyl groups excluding tert-OH is 1. The van der Waals surface area contributed by atoms with Crippen molar-refractivity contribution in [3.05, 3.63) is 17.5 Å². The third-order valence-electron chi connectivity index (χ3n) is 1.75. The summed E-state index contributed by atoms with van der Waals surface area (Å²) in [6.45, 7) is 3.50. The van der Waals surface area contributed by atoms with Crippen molar-refractivity contribution in [1.82, 2.24) is 9.97 Å². The number of aliphatic hydroxyl groups is 1. The zero-order valence-electron chi connectivity index (χ0n) is 8.47. The lowest BCUT2D eigenvalue weighted by Gasteiger charge is -2.06. The van der Waals surface area contributed by atoms with Gasteiger partial charge in [-0.2, -0.15) is 0 Å². The van der Waals surface area contributed by atoms with Crippen molar-refractivity contribution in [3.8, 4) is 0 Å². The van der Waals surface area contributed by atoms with E-state index in [-0.39, 0.29) is 17.4 Å². The predicted molar refractivity (Wildman–Crippen MR) is 56.1 cm³/mol. The minimum absolute atomic E-state index is 0.0000723. The number of hydrogen-bond acceptors (Lipinski definition) is 5. The number of aryl methyl sites for hydroxylation is 1. The van der Waals surface area contributed by atoms with Crippen LogP contribution in [0.5, 0.6) is 0 Å². The second-order valence-electron chi connectivity index (χ2n) is 3.07. The molecule has 0 fully saturated rings. The number of thioether (sulfide) groups is 1. The molecule has 1 atom stereocenters. The summed E-state index contributed by atoms with van der Waals surface area (Å²) in [5.41, 5.74) is 0.543. The smallest absolute Gasteiger partial charge is 0.339 e. The van der Waals surface area contributed by atoms with Crippen LogP contribution in [0, 0.1) is 6.92 Å². The Labute approximate surface area is 91.6 Å². The fourth-order valence-corrected chi connectivity index (χ4v) is 1.67. The van der Waals surface area contributed by atoms with E-state index < -0.39 is 5.97 Å². The van der Waals surface area contributed by atoms with E-state index in [1.807, 2.05) is 6.92 Å². The van der Waals surface area contributed by atoms with Crippen molar-refractivity contribution in [2.24, 2.45) is 0 Å². The van der Waals surface area contributed by atoms with Crippen molar-refractivity contribution < 1.29 is 15.0 Å². The lowest BCUT2D eigenvalue weighted by Crippen LogP contribution is -2.07. The second kappa shape index (κ2) is 5.09. The Kier molecular flexibility index (Phi) is 4.05. The van der Waals surface area contributed by atoms with Gasteiger partial charge in [-0.15, -0.1) is 0 Å². The summed E-state index contributed by atoms with van der Waals surface area (Å²) in [5.74, 6) is -1.03. The van der Waals surface area contributed by atoms with Gasteiger partial charge in [0.05, 0.1) is 17.9 Å². The first kappa shape index (κ1) is 11.9. The molecule has 1 heterocycles. The Morgan fingerprint density at radius 2 is 2.33 bits per heavy atom. The topological polar surface area (TPSA) is 83.3 Å². The van der Waals surface area contributed by atoms with Crippen LogP contribution in [0.4, 0.5) is 0 Å². The normalized spacial score (nSPS) is 12.5. The number of carboxylic acids is 1. The van der Waals surface area contributed by atoms with E-state index >= 15 is 0 Å². The molecule has 15 heavy (non-hydrogen) atoms. The van der Waals surface area contributed by atoms with Crippen LogP contribution < -0.4 is 0 Å². The Morgan fingerprint density at radius 3 is 2.80 bits per heavy atom. The summed E-state index contributed by atoms with van der Waals surface area (Å²) < 4.78 is 0. The van der Waals surface area contributed by atoms with Crippen molar-refractivity contribution in [2.45, 2.75) is 24.3 Å². The zero-order valence-corrected chi connectivity index (χ0v) is 9.28. The summed E-state index contributed by atoms with van der Waals surface area (Å²) in [7, 11) is 0. The van der Waals surface area contributed by atoms with Gasteiger partial charge < -0.3 is 10.2 Å². The molecule has 0 radical (unpaired) electrons. The van der Waals surface area contributed by atoms with Crippen molar-refractivity contribution in [2.75, 3.05) is 6.61 Å². The van der Waals surface area contributed by atoms with Gasteiger partial charge in [-0.25, -0.2) is 14.8 Å². The molecular formula is C9H12N2O3S. The molecule has 0 aliphatic rings. The maximum Gasteiger partial charge on any atom is 0.339 e. The van der Waals surface area contributed by atoms with Crippen molar-refractivity contribution >= 4 is 17.7 Å². The lowest BCUT2D eigenvalue weighted by atomic mass is 10.2. The highest BCUT2D eigenvalue weighted by Crippen LogP contribution is 2.19. The summed E-state index contributed by atoms with van der Waals surface area (Å²) in [6, 6.07) is 0. The molecule has 82 valence electrons. The van der Waals surface area contributed by atoms with Gasteiger partial charge in [0.25, 0.3) is 0 Å². The maximum atomic E-state index is 10.7. The van der Waals surface area contributed by atoms with Crippen LogP contribution in [0.3, 0.4) is 0 Å². The fraction of sp³-hybridized carbons (Fsp3) is 0.444. The second-order valence-corrected chi connectivity index (χ2v) is 4.47. The van der Waals surface area contributed by atoms with E-state index in [9.17, 15) is 4.79 Å². The minimum atomic E-state index is -1.03. The van der Waals surface area contributed by atoms with Crippen LogP contribution in [0.15, 0.2) is 11.4 Å². The molecular weight excluding hydrogens is 216 g/mol. The number of hydrogen-bond donors (Lipinski definition) is 2. The highest BCUT2D eigenvalue weighted by atomic mass is 32.2. The average Bonchev–Trinajstić information content (AvgIpc) is 2.17. The largest absolute Gasteiger partial charge is 0.478 e. The van der Waals surface area contributed by atoms with Gasteiger partial charge in [0.1, 0.15) is 0 Å². The fourth-order valence-electron chi connectivity index (χ4n) is 0.930. The van der Waals surface area contributed by atoms with Gasteiger partial charge in [0.2, 0.25) is 0 Å². The SMILES string of the molecule is Cc1nc(SC(C)CO)ncc1C(=O)O. The van der Waals surface area contributed by atoms with Crippen LogP contribution in [0.2, 0.25) is 0 Å². The molecule has 0 bridgehead atoms. The number of carboxylic acid groups (broad SMARTS) is 1. The zero-order chi connectivity index (χ0) is 11.4. The van der Waals surface area contributed by atoms with E-state index in [4.69, 9.17) is 10.2 Å². The number of aromatic carboxylic acids is 1. The van der Waals surface area contributed by atoms with E-state index in [0.717, 1.165) is 0 Å². The summed E-state index contributed by atoms with van der Waals surface area (Å²) in [6.07, 6.45) is 1.29. The van der Waals surface area contributed by atoms with E-state index in [0.29, 0.717) is 10.9 Å². The third-order valence-corrected chi connectivity index (χ3v) is 2.71. The highest BCUT2D eigenvalue weighted by Gasteiger charge is 2.11. The molecule has 0 saturated heterocycles. The third kappa shape index (κ3) is 3.17. The first-order chi connectivity index (χ1) is 7.04. The van der Waals surface area contributed by atoms with E-state index in [1.54, 1.807) is 6.92 Å². The molecule has 1 aromatic heterocycles. The Balaban J connectivity index is 2.87. The first-order valence-corrected chi connectivity index (χ1v) is 5.27. The molecule has 1 aromatic rings. The van der Waals surface area contributed by atoms with Gasteiger partial charge in [-0.05, 0) is 6.92 Å². The minimum Gasteiger partial charge on any atom is -0.478 e. The molecule has 0 amide bonds. The Morgan fingerprint density at radius 1 is 1.67 bits per heavy atom. The van der Waals surface area contributed by atoms with Gasteiger partial charge in [-0.3, -0.25) is 0 Å². The van der Waals surface area contributed by atoms with Gasteiger partial charge in [0.15, 0.2) is 5.16 Å². The van der Waals surface area contributed by atoms with Gasteiger partial charge in [-0.1, -0.05) is 18.7 Å². The van der Waals surface area contributed by atoms with Crippen LogP contribution in [-0.4, -0.2) is 38.0 Å². The van der Waals surface area contributed by atoms with Crippen LogP contribution in [0.25, 0.3) is 0 Å². The van der Waals surface area contributed by atoms with E-state index in [2.05, 4.69) is 9.97 Å². The lowest BCUT2D eigenvalue weighted by molar-refractivity contribution is 0.0695. The Bertz CT molecular complexity index is 370. The van der Waals surface area contributed by atoms with Gasteiger partial charge in [0, 0.05) is 11.4 Å². The summed E-state index contributed by atoms with van der Waals surface area (Å²) in [4.78, 5) is 18.6. The number of nitrogens with zero attached hydrogens (tertiary/aromatic N) is 2. The molecule has 0 aliphatic carbocycles. The van der Waals surface area contributed by atoms with Gasteiger partial charge >= 0.3 is 5.97 Å².